The highest BCUT2D eigenvalue weighted by Crippen LogP contribution is 2.13. The molecule has 0 unspecified atom stereocenters. The van der Waals surface area contributed by atoms with Gasteiger partial charge < -0.3 is 15.8 Å². The monoisotopic (exact) mass is 264 g/mol. The van der Waals surface area contributed by atoms with E-state index in [2.05, 4.69) is 17.4 Å². The van der Waals surface area contributed by atoms with Gasteiger partial charge in [-0.3, -0.25) is 4.79 Å². The summed E-state index contributed by atoms with van der Waals surface area (Å²) in [5, 5.41) is 2.78. The third-order valence-corrected chi connectivity index (χ3v) is 2.99. The maximum absolute atomic E-state index is 11.3. The van der Waals surface area contributed by atoms with Crippen LogP contribution in [0.3, 0.4) is 0 Å². The second kappa shape index (κ2) is 9.39. The van der Waals surface area contributed by atoms with Gasteiger partial charge in [0.15, 0.2) is 0 Å². The van der Waals surface area contributed by atoms with Gasteiger partial charge in [-0.1, -0.05) is 18.6 Å². The maximum Gasteiger partial charge on any atom is 0.220 e. The van der Waals surface area contributed by atoms with Crippen LogP contribution in [0.25, 0.3) is 0 Å². The highest BCUT2D eigenvalue weighted by atomic mass is 16.5. The predicted octanol–water partition coefficient (Wildman–Crippen LogP) is 1.87. The van der Waals surface area contributed by atoms with Crippen LogP contribution < -0.4 is 15.8 Å². The lowest BCUT2D eigenvalue weighted by Crippen LogP contribution is -2.28. The molecular weight excluding hydrogens is 240 g/mol. The number of hydrogen-bond acceptors (Lipinski definition) is 3. The van der Waals surface area contributed by atoms with Crippen molar-refractivity contribution in [1.82, 2.24) is 5.32 Å². The molecule has 1 aromatic rings. The number of hydrogen-bond donors (Lipinski definition) is 2. The predicted molar refractivity (Wildman–Crippen MR) is 77.2 cm³/mol. The van der Waals surface area contributed by atoms with Crippen molar-refractivity contribution in [3.05, 3.63) is 29.8 Å². The van der Waals surface area contributed by atoms with Gasteiger partial charge in [-0.05, 0) is 37.0 Å². The lowest BCUT2D eigenvalue weighted by Gasteiger charge is -2.05. The minimum absolute atomic E-state index is 0.106. The lowest BCUT2D eigenvalue weighted by atomic mass is 10.1. The molecule has 0 aliphatic heterocycles. The van der Waals surface area contributed by atoms with Crippen molar-refractivity contribution in [1.29, 1.82) is 0 Å². The number of methoxy groups -OCH3 is 1. The number of unbranched alkanes of at least 4 members (excludes halogenated alkanes) is 2. The Morgan fingerprint density at radius 2 is 1.95 bits per heavy atom. The fourth-order valence-electron chi connectivity index (χ4n) is 1.88. The van der Waals surface area contributed by atoms with E-state index < -0.39 is 0 Å². The molecule has 3 N–H and O–H groups in total. The number of rotatable bonds is 9. The van der Waals surface area contributed by atoms with Crippen LogP contribution in [0.15, 0.2) is 24.3 Å². The van der Waals surface area contributed by atoms with Crippen molar-refractivity contribution in [3.63, 3.8) is 0 Å². The molecule has 1 rings (SSSR count). The van der Waals surface area contributed by atoms with Crippen molar-refractivity contribution < 1.29 is 9.53 Å². The van der Waals surface area contributed by atoms with Crippen LogP contribution in [0.2, 0.25) is 0 Å². The Balaban J connectivity index is 2.08. The first-order valence-electron chi connectivity index (χ1n) is 6.86. The number of carbonyl (C=O) groups excluding carboxylic acids is 1. The Hall–Kier alpha value is -1.55. The summed E-state index contributed by atoms with van der Waals surface area (Å²) in [6, 6.07) is 8.14. The van der Waals surface area contributed by atoms with Crippen LogP contribution >= 0.6 is 0 Å². The first-order valence-corrected chi connectivity index (χ1v) is 6.86. The number of nitrogens with one attached hydrogen (secondary N) is 1. The second-order valence-electron chi connectivity index (χ2n) is 4.55. The molecule has 0 spiro atoms. The summed E-state index contributed by atoms with van der Waals surface area (Å²) in [7, 11) is 1.67. The van der Waals surface area contributed by atoms with Crippen LogP contribution in [-0.4, -0.2) is 26.1 Å². The molecule has 0 fully saturated rings. The number of benzene rings is 1. The molecule has 0 saturated heterocycles. The third kappa shape index (κ3) is 6.82. The van der Waals surface area contributed by atoms with Gasteiger partial charge >= 0.3 is 0 Å². The zero-order valence-corrected chi connectivity index (χ0v) is 11.7. The van der Waals surface area contributed by atoms with Gasteiger partial charge in [0.25, 0.3) is 0 Å². The van der Waals surface area contributed by atoms with Gasteiger partial charge in [0.1, 0.15) is 5.75 Å². The Morgan fingerprint density at radius 1 is 1.21 bits per heavy atom. The van der Waals surface area contributed by atoms with Crippen LogP contribution in [0, 0.1) is 0 Å². The van der Waals surface area contributed by atoms with Crippen molar-refractivity contribution in [3.8, 4) is 5.75 Å². The summed E-state index contributed by atoms with van der Waals surface area (Å²) in [5.74, 6) is 0.996. The fourth-order valence-corrected chi connectivity index (χ4v) is 1.88. The molecule has 0 radical (unpaired) electrons. The van der Waals surface area contributed by atoms with E-state index in [0.29, 0.717) is 19.5 Å². The van der Waals surface area contributed by atoms with E-state index >= 15 is 0 Å². The minimum Gasteiger partial charge on any atom is -0.497 e. The van der Waals surface area contributed by atoms with Gasteiger partial charge in [0.05, 0.1) is 7.11 Å². The molecule has 0 aliphatic carbocycles. The van der Waals surface area contributed by atoms with Crippen molar-refractivity contribution >= 4 is 5.91 Å². The van der Waals surface area contributed by atoms with Crippen LogP contribution in [0.1, 0.15) is 31.2 Å². The van der Waals surface area contributed by atoms with E-state index in [1.807, 2.05) is 12.1 Å². The Kier molecular flexibility index (Phi) is 7.66. The molecule has 0 atom stereocenters. The molecular formula is C15H24N2O2. The minimum atomic E-state index is 0.106. The Morgan fingerprint density at radius 3 is 2.58 bits per heavy atom. The second-order valence-corrected chi connectivity index (χ2v) is 4.55. The number of aryl methyl sites for hydroxylation is 1. The molecule has 4 heteroatoms. The SMILES string of the molecule is COc1ccc(CCCCCC(=O)NCCN)cc1. The van der Waals surface area contributed by atoms with Crippen LogP contribution in [0.4, 0.5) is 0 Å². The van der Waals surface area contributed by atoms with Crippen LogP contribution in [-0.2, 0) is 11.2 Å². The van der Waals surface area contributed by atoms with E-state index in [-0.39, 0.29) is 5.91 Å². The fraction of sp³-hybridized carbons (Fsp3) is 0.533. The van der Waals surface area contributed by atoms with Gasteiger partial charge in [0, 0.05) is 19.5 Å². The van der Waals surface area contributed by atoms with E-state index in [9.17, 15) is 4.79 Å². The lowest BCUT2D eigenvalue weighted by molar-refractivity contribution is -0.121. The first-order chi connectivity index (χ1) is 9.26. The molecule has 1 aromatic carbocycles. The van der Waals surface area contributed by atoms with E-state index in [0.717, 1.165) is 31.4 Å². The molecule has 19 heavy (non-hydrogen) atoms. The summed E-state index contributed by atoms with van der Waals surface area (Å²) in [6.45, 7) is 1.08. The zero-order valence-electron chi connectivity index (χ0n) is 11.7. The summed E-state index contributed by atoms with van der Waals surface area (Å²) < 4.78 is 5.12. The molecule has 0 heterocycles. The van der Waals surface area contributed by atoms with Crippen LogP contribution in [0.5, 0.6) is 5.75 Å². The third-order valence-electron chi connectivity index (χ3n) is 2.99. The zero-order chi connectivity index (χ0) is 13.9. The standard InChI is InChI=1S/C15H24N2O2/c1-19-14-9-7-13(8-10-14)5-3-2-4-6-15(18)17-12-11-16/h7-10H,2-6,11-12,16H2,1H3,(H,17,18). The molecule has 0 saturated carbocycles. The molecule has 1 amide bonds. The topological polar surface area (TPSA) is 64.3 Å². The number of carbonyl (C=O) groups is 1. The maximum atomic E-state index is 11.3. The number of nitrogens with two attached hydrogens (primary N) is 1. The Labute approximate surface area is 115 Å². The van der Waals surface area contributed by atoms with E-state index in [1.54, 1.807) is 7.11 Å². The van der Waals surface area contributed by atoms with E-state index in [1.165, 1.54) is 5.56 Å². The van der Waals surface area contributed by atoms with Crippen molar-refractivity contribution in [2.24, 2.45) is 5.73 Å². The summed E-state index contributed by atoms with van der Waals surface area (Å²) in [6.07, 6.45) is 4.77. The Bertz CT molecular complexity index is 363. The smallest absolute Gasteiger partial charge is 0.220 e. The van der Waals surface area contributed by atoms with Gasteiger partial charge in [-0.15, -0.1) is 0 Å². The van der Waals surface area contributed by atoms with Gasteiger partial charge in [-0.2, -0.15) is 0 Å². The molecule has 4 nitrogen and oxygen atoms in total. The molecule has 106 valence electrons. The van der Waals surface area contributed by atoms with Gasteiger partial charge in [0.2, 0.25) is 5.91 Å². The van der Waals surface area contributed by atoms with Gasteiger partial charge in [-0.25, -0.2) is 0 Å². The first kappa shape index (κ1) is 15.5. The highest BCUT2D eigenvalue weighted by molar-refractivity contribution is 5.75. The number of ether oxygens (including phenoxy) is 1. The average Bonchev–Trinajstić information content (AvgIpc) is 2.45. The summed E-state index contributed by atoms with van der Waals surface area (Å²) >= 11 is 0. The normalized spacial score (nSPS) is 10.2. The summed E-state index contributed by atoms with van der Waals surface area (Å²) in [5.41, 5.74) is 6.63. The molecule has 0 aromatic heterocycles. The quantitative estimate of drug-likeness (QED) is 0.669. The molecule has 0 bridgehead atoms. The highest BCUT2D eigenvalue weighted by Gasteiger charge is 2.00. The van der Waals surface area contributed by atoms with E-state index in [4.69, 9.17) is 10.5 Å². The van der Waals surface area contributed by atoms with Crippen molar-refractivity contribution in [2.45, 2.75) is 32.1 Å². The molecule has 0 aliphatic rings. The summed E-state index contributed by atoms with van der Waals surface area (Å²) in [4.78, 5) is 11.3. The largest absolute Gasteiger partial charge is 0.497 e. The average molecular weight is 264 g/mol. The number of amides is 1. The van der Waals surface area contributed by atoms with Crippen molar-refractivity contribution in [2.75, 3.05) is 20.2 Å².